The average molecular weight is 460 g/mol. The van der Waals surface area contributed by atoms with E-state index in [1.807, 2.05) is 60.7 Å². The van der Waals surface area contributed by atoms with Crippen molar-refractivity contribution in [1.82, 2.24) is 15.1 Å². The molecule has 0 saturated carbocycles. The number of nitrogens with zero attached hydrogens (tertiary/aromatic N) is 2. The lowest BCUT2D eigenvalue weighted by Gasteiger charge is -2.36. The third-order valence-corrected chi connectivity index (χ3v) is 6.26. The second-order valence-electron chi connectivity index (χ2n) is 8.65. The number of hydrogen-bond donors (Lipinski definition) is 1. The van der Waals surface area contributed by atoms with Gasteiger partial charge in [0.2, 0.25) is 0 Å². The smallest absolute Gasteiger partial charge is 0.251 e. The van der Waals surface area contributed by atoms with E-state index in [4.69, 9.17) is 4.74 Å². The van der Waals surface area contributed by atoms with Gasteiger partial charge in [-0.3, -0.25) is 9.69 Å². The molecule has 34 heavy (non-hydrogen) atoms. The maximum Gasteiger partial charge on any atom is 0.251 e. The third-order valence-electron chi connectivity index (χ3n) is 6.26. The van der Waals surface area contributed by atoms with Gasteiger partial charge in [0, 0.05) is 44.3 Å². The van der Waals surface area contributed by atoms with E-state index >= 15 is 0 Å². The fraction of sp³-hybridized carbons (Fsp3) is 0.345. The first-order chi connectivity index (χ1) is 16.6. The van der Waals surface area contributed by atoms with Crippen molar-refractivity contribution in [2.75, 3.05) is 46.9 Å². The van der Waals surface area contributed by atoms with Crippen molar-refractivity contribution in [3.05, 3.63) is 102 Å². The van der Waals surface area contributed by atoms with E-state index in [2.05, 4.69) is 53.4 Å². The van der Waals surface area contributed by atoms with Crippen molar-refractivity contribution in [2.24, 2.45) is 0 Å². The van der Waals surface area contributed by atoms with Gasteiger partial charge in [-0.05, 0) is 55.8 Å². The Morgan fingerprint density at radius 3 is 2.03 bits per heavy atom. The predicted molar refractivity (Wildman–Crippen MR) is 139 cm³/mol. The number of benzene rings is 3. The number of amides is 1. The van der Waals surface area contributed by atoms with Crippen LogP contribution in [0.2, 0.25) is 0 Å². The highest BCUT2D eigenvalue weighted by atomic mass is 16.5. The fourth-order valence-corrected chi connectivity index (χ4v) is 3.95. The molecule has 1 heterocycles. The average Bonchev–Trinajstić information content (AvgIpc) is 2.90. The quantitative estimate of drug-likeness (QED) is 0.558. The molecule has 0 aromatic heterocycles. The van der Waals surface area contributed by atoms with E-state index < -0.39 is 0 Å². The second-order valence-corrected chi connectivity index (χ2v) is 8.65. The number of para-hydroxylation sites is 1. The molecule has 0 radical (unpaired) electrons. The van der Waals surface area contributed by atoms with E-state index in [-0.39, 0.29) is 5.91 Å². The summed E-state index contributed by atoms with van der Waals surface area (Å²) < 4.78 is 4.91. The van der Waals surface area contributed by atoms with Gasteiger partial charge in [0.1, 0.15) is 5.75 Å². The molecule has 1 fully saturated rings. The number of nitrogens with one attached hydrogen (secondary N) is 1. The lowest BCUT2D eigenvalue weighted by atomic mass is 10.0. The minimum Gasteiger partial charge on any atom is -0.497 e. The van der Waals surface area contributed by atoms with Crippen LogP contribution in [0.1, 0.15) is 34.5 Å². The molecule has 1 N–H and O–H groups in total. The Balaban J connectivity index is 0.000000343. The molecule has 1 aliphatic rings. The highest BCUT2D eigenvalue weighted by Gasteiger charge is 2.20. The summed E-state index contributed by atoms with van der Waals surface area (Å²) in [5.41, 5.74) is 3.34. The van der Waals surface area contributed by atoms with Gasteiger partial charge in [-0.2, -0.15) is 0 Å². The molecule has 180 valence electrons. The molecule has 5 heteroatoms. The molecule has 1 aliphatic heterocycles. The Morgan fingerprint density at radius 1 is 0.882 bits per heavy atom. The number of carbonyl (C=O) groups excluding carboxylic acids is 1. The van der Waals surface area contributed by atoms with Crippen LogP contribution in [0.25, 0.3) is 0 Å². The van der Waals surface area contributed by atoms with Gasteiger partial charge in [0.15, 0.2) is 0 Å². The van der Waals surface area contributed by atoms with E-state index in [9.17, 15) is 4.79 Å². The first kappa shape index (κ1) is 25.5. The SMILES string of the molecule is CC(c1ccc(CCNC(=O)c2ccccc2)cc1)N1CCN(C)CC1.COc1ccccc1. The van der Waals surface area contributed by atoms with Crippen LogP contribution in [0.15, 0.2) is 84.9 Å². The Hall–Kier alpha value is -3.15. The van der Waals surface area contributed by atoms with Crippen LogP contribution in [-0.4, -0.2) is 62.6 Å². The van der Waals surface area contributed by atoms with E-state index in [0.717, 1.165) is 38.3 Å². The highest BCUT2D eigenvalue weighted by Crippen LogP contribution is 2.21. The van der Waals surface area contributed by atoms with E-state index in [1.54, 1.807) is 7.11 Å². The topological polar surface area (TPSA) is 44.8 Å². The molecule has 1 atom stereocenters. The molecule has 1 saturated heterocycles. The summed E-state index contributed by atoms with van der Waals surface area (Å²) in [6.45, 7) is 7.49. The minimum atomic E-state index is -0.00842. The predicted octanol–water partition coefficient (Wildman–Crippen LogP) is 4.66. The van der Waals surface area contributed by atoms with E-state index in [0.29, 0.717) is 18.2 Å². The van der Waals surface area contributed by atoms with Crippen molar-refractivity contribution in [1.29, 1.82) is 0 Å². The van der Waals surface area contributed by atoms with Crippen molar-refractivity contribution in [2.45, 2.75) is 19.4 Å². The van der Waals surface area contributed by atoms with Gasteiger partial charge in [-0.25, -0.2) is 0 Å². The number of methoxy groups -OCH3 is 1. The summed E-state index contributed by atoms with van der Waals surface area (Å²) in [4.78, 5) is 17.0. The van der Waals surface area contributed by atoms with Crippen LogP contribution >= 0.6 is 0 Å². The Kier molecular flexibility index (Phi) is 10.1. The van der Waals surface area contributed by atoms with Crippen LogP contribution in [0, 0.1) is 0 Å². The van der Waals surface area contributed by atoms with Gasteiger partial charge >= 0.3 is 0 Å². The van der Waals surface area contributed by atoms with Gasteiger partial charge in [0.05, 0.1) is 7.11 Å². The van der Waals surface area contributed by atoms with Crippen molar-refractivity contribution < 1.29 is 9.53 Å². The molecular formula is C29H37N3O2. The highest BCUT2D eigenvalue weighted by molar-refractivity contribution is 5.94. The van der Waals surface area contributed by atoms with Crippen molar-refractivity contribution >= 4 is 5.91 Å². The Labute approximate surface area is 204 Å². The normalized spacial score (nSPS) is 15.0. The first-order valence-electron chi connectivity index (χ1n) is 12.0. The van der Waals surface area contributed by atoms with Gasteiger partial charge < -0.3 is 15.0 Å². The number of piperazine rings is 1. The summed E-state index contributed by atoms with van der Waals surface area (Å²) in [6, 6.07) is 28.3. The molecule has 0 aliphatic carbocycles. The first-order valence-corrected chi connectivity index (χ1v) is 12.0. The molecule has 1 amide bonds. The molecular weight excluding hydrogens is 422 g/mol. The number of likely N-dealkylation sites (N-methyl/N-ethyl adjacent to an activating group) is 1. The second kappa shape index (κ2) is 13.5. The number of ether oxygens (including phenoxy) is 1. The van der Waals surface area contributed by atoms with Gasteiger partial charge in [-0.15, -0.1) is 0 Å². The maximum atomic E-state index is 12.1. The van der Waals surface area contributed by atoms with E-state index in [1.165, 1.54) is 11.1 Å². The summed E-state index contributed by atoms with van der Waals surface area (Å²) >= 11 is 0. The van der Waals surface area contributed by atoms with Crippen molar-refractivity contribution in [3.63, 3.8) is 0 Å². The molecule has 1 unspecified atom stereocenters. The van der Waals surface area contributed by atoms with Crippen LogP contribution in [-0.2, 0) is 6.42 Å². The summed E-state index contributed by atoms with van der Waals surface area (Å²) in [6.07, 6.45) is 0.849. The summed E-state index contributed by atoms with van der Waals surface area (Å²) in [5.74, 6) is 0.901. The molecule has 3 aromatic rings. The summed E-state index contributed by atoms with van der Waals surface area (Å²) in [7, 11) is 3.85. The molecule has 5 nitrogen and oxygen atoms in total. The van der Waals surface area contributed by atoms with Crippen LogP contribution in [0.3, 0.4) is 0 Å². The van der Waals surface area contributed by atoms with Crippen LogP contribution in [0.4, 0.5) is 0 Å². The molecule has 0 spiro atoms. The van der Waals surface area contributed by atoms with Gasteiger partial charge in [-0.1, -0.05) is 60.7 Å². The third kappa shape index (κ3) is 8.01. The maximum absolute atomic E-state index is 12.1. The minimum absolute atomic E-state index is 0.00842. The molecule has 0 bridgehead atoms. The Bertz CT molecular complexity index is 969. The molecule has 4 rings (SSSR count). The zero-order valence-electron chi connectivity index (χ0n) is 20.6. The standard InChI is InChI=1S/C22H29N3O.C7H8O/c1-18(25-16-14-24(2)15-17-25)20-10-8-19(9-11-20)12-13-23-22(26)21-6-4-3-5-7-21;1-8-7-5-3-2-4-6-7/h3-11,18H,12-17H2,1-2H3,(H,23,26);2-6H,1H3. The van der Waals surface area contributed by atoms with Crippen LogP contribution in [0.5, 0.6) is 5.75 Å². The molecule has 3 aromatic carbocycles. The zero-order valence-corrected chi connectivity index (χ0v) is 20.6. The van der Waals surface area contributed by atoms with Gasteiger partial charge in [0.25, 0.3) is 5.91 Å². The Morgan fingerprint density at radius 2 is 1.47 bits per heavy atom. The number of rotatable bonds is 7. The summed E-state index contributed by atoms with van der Waals surface area (Å²) in [5, 5.41) is 2.99. The lowest BCUT2D eigenvalue weighted by molar-refractivity contribution is 0.0954. The lowest BCUT2D eigenvalue weighted by Crippen LogP contribution is -2.45. The number of hydrogen-bond acceptors (Lipinski definition) is 4. The fourth-order valence-electron chi connectivity index (χ4n) is 3.95. The monoisotopic (exact) mass is 459 g/mol. The van der Waals surface area contributed by atoms with Crippen LogP contribution < -0.4 is 10.1 Å². The van der Waals surface area contributed by atoms with Crippen molar-refractivity contribution in [3.8, 4) is 5.75 Å². The largest absolute Gasteiger partial charge is 0.497 e. The number of carbonyl (C=O) groups is 1. The zero-order chi connectivity index (χ0) is 24.2.